The molecule has 0 radical (unpaired) electrons. The molecular formula is C12H16O3S. The van der Waals surface area contributed by atoms with E-state index in [0.717, 1.165) is 10.5 Å². The fourth-order valence-electron chi connectivity index (χ4n) is 1.22. The molecule has 0 aromatic heterocycles. The zero-order valence-corrected chi connectivity index (χ0v) is 10.4. The van der Waals surface area contributed by atoms with Crippen molar-refractivity contribution in [3.05, 3.63) is 29.8 Å². The van der Waals surface area contributed by atoms with Crippen LogP contribution < -0.4 is 0 Å². The number of esters is 1. The van der Waals surface area contributed by atoms with Crippen molar-refractivity contribution in [2.24, 2.45) is 0 Å². The van der Waals surface area contributed by atoms with Gasteiger partial charge in [-0.1, -0.05) is 17.7 Å². The first-order chi connectivity index (χ1) is 7.63. The molecule has 0 N–H and O–H groups in total. The monoisotopic (exact) mass is 240 g/mol. The van der Waals surface area contributed by atoms with Crippen molar-refractivity contribution < 1.29 is 13.7 Å². The molecule has 0 aliphatic carbocycles. The summed E-state index contributed by atoms with van der Waals surface area (Å²) in [5, 5.41) is 0. The quantitative estimate of drug-likeness (QED) is 0.740. The van der Waals surface area contributed by atoms with Crippen LogP contribution in [0.3, 0.4) is 0 Å². The third kappa shape index (κ3) is 4.14. The summed E-state index contributed by atoms with van der Waals surface area (Å²) in [5.41, 5.74) is 1.13. The molecule has 0 saturated carbocycles. The van der Waals surface area contributed by atoms with Crippen LogP contribution in [-0.2, 0) is 20.3 Å². The molecule has 16 heavy (non-hydrogen) atoms. The minimum absolute atomic E-state index is 0.203. The van der Waals surface area contributed by atoms with Gasteiger partial charge in [-0.05, 0) is 26.0 Å². The lowest BCUT2D eigenvalue weighted by molar-refractivity contribution is -0.142. The Morgan fingerprint density at radius 2 is 1.94 bits per heavy atom. The summed E-state index contributed by atoms with van der Waals surface area (Å²) >= 11 is 0. The molecular weight excluding hydrogens is 224 g/mol. The predicted molar refractivity (Wildman–Crippen MR) is 63.7 cm³/mol. The molecule has 1 aromatic rings. The summed E-state index contributed by atoms with van der Waals surface area (Å²) in [4.78, 5) is 11.8. The van der Waals surface area contributed by atoms with E-state index in [2.05, 4.69) is 0 Å². The summed E-state index contributed by atoms with van der Waals surface area (Å²) in [6.07, 6.45) is 0.203. The average Bonchev–Trinajstić information content (AvgIpc) is 2.27. The first-order valence-electron chi connectivity index (χ1n) is 5.24. The largest absolute Gasteiger partial charge is 0.466 e. The van der Waals surface area contributed by atoms with Gasteiger partial charge in [-0.3, -0.25) is 9.00 Å². The Balaban J connectivity index is 2.47. The van der Waals surface area contributed by atoms with Gasteiger partial charge in [0.15, 0.2) is 0 Å². The maximum absolute atomic E-state index is 11.8. The SMILES string of the molecule is CCOC(=O)CCS(=O)c1ccc(C)cc1. The van der Waals surface area contributed by atoms with E-state index in [-0.39, 0.29) is 12.4 Å². The normalized spacial score (nSPS) is 12.1. The fourth-order valence-corrected chi connectivity index (χ4v) is 2.24. The maximum atomic E-state index is 11.8. The second-order valence-corrected chi connectivity index (χ2v) is 4.99. The summed E-state index contributed by atoms with van der Waals surface area (Å²) in [6.45, 7) is 4.11. The van der Waals surface area contributed by atoms with Crippen molar-refractivity contribution >= 4 is 16.8 Å². The first kappa shape index (κ1) is 12.9. The molecule has 1 atom stereocenters. The Morgan fingerprint density at radius 3 is 2.50 bits per heavy atom. The molecule has 0 aliphatic rings. The van der Waals surface area contributed by atoms with Crippen molar-refractivity contribution in [1.29, 1.82) is 0 Å². The number of rotatable bonds is 5. The van der Waals surface area contributed by atoms with E-state index < -0.39 is 10.8 Å². The first-order valence-corrected chi connectivity index (χ1v) is 6.56. The molecule has 1 rings (SSSR count). The van der Waals surface area contributed by atoms with E-state index >= 15 is 0 Å². The zero-order chi connectivity index (χ0) is 12.0. The number of aryl methyl sites for hydroxylation is 1. The Labute approximate surface area is 98.3 Å². The second-order valence-electron chi connectivity index (χ2n) is 3.42. The number of benzene rings is 1. The van der Waals surface area contributed by atoms with Crippen LogP contribution in [-0.4, -0.2) is 22.5 Å². The summed E-state index contributed by atoms with van der Waals surface area (Å²) < 4.78 is 16.5. The van der Waals surface area contributed by atoms with E-state index in [9.17, 15) is 9.00 Å². The van der Waals surface area contributed by atoms with E-state index in [1.807, 2.05) is 31.2 Å². The molecule has 1 aromatic carbocycles. The van der Waals surface area contributed by atoms with E-state index in [0.29, 0.717) is 12.4 Å². The average molecular weight is 240 g/mol. The van der Waals surface area contributed by atoms with Gasteiger partial charge in [-0.25, -0.2) is 0 Å². The molecule has 88 valence electrons. The standard InChI is InChI=1S/C12H16O3S/c1-3-15-12(13)8-9-16(14)11-6-4-10(2)5-7-11/h4-7H,3,8-9H2,1-2H3. The van der Waals surface area contributed by atoms with Crippen LogP contribution in [0.25, 0.3) is 0 Å². The summed E-state index contributed by atoms with van der Waals surface area (Å²) in [6, 6.07) is 7.49. The predicted octanol–water partition coefficient (Wildman–Crippen LogP) is 2.06. The lowest BCUT2D eigenvalue weighted by atomic mass is 10.2. The molecule has 0 fully saturated rings. The van der Waals surface area contributed by atoms with Crippen molar-refractivity contribution in [2.45, 2.75) is 25.2 Å². The van der Waals surface area contributed by atoms with Gasteiger partial charge in [0.2, 0.25) is 0 Å². The minimum Gasteiger partial charge on any atom is -0.466 e. The zero-order valence-electron chi connectivity index (χ0n) is 9.56. The molecule has 0 bridgehead atoms. The van der Waals surface area contributed by atoms with Crippen LogP contribution in [0, 0.1) is 6.92 Å². The van der Waals surface area contributed by atoms with Crippen LogP contribution in [0.15, 0.2) is 29.2 Å². The third-order valence-electron chi connectivity index (χ3n) is 2.08. The topological polar surface area (TPSA) is 43.4 Å². The molecule has 0 spiro atoms. The smallest absolute Gasteiger partial charge is 0.306 e. The minimum atomic E-state index is -1.12. The van der Waals surface area contributed by atoms with Crippen molar-refractivity contribution in [3.8, 4) is 0 Å². The lowest BCUT2D eigenvalue weighted by Gasteiger charge is -2.03. The van der Waals surface area contributed by atoms with Crippen molar-refractivity contribution in [3.63, 3.8) is 0 Å². The van der Waals surface area contributed by atoms with Crippen LogP contribution >= 0.6 is 0 Å². The number of carbonyl (C=O) groups excluding carboxylic acids is 1. The van der Waals surface area contributed by atoms with Crippen molar-refractivity contribution in [1.82, 2.24) is 0 Å². The van der Waals surface area contributed by atoms with Crippen molar-refractivity contribution in [2.75, 3.05) is 12.4 Å². The highest BCUT2D eigenvalue weighted by atomic mass is 32.2. The van der Waals surface area contributed by atoms with Gasteiger partial charge in [-0.2, -0.15) is 0 Å². The number of carbonyl (C=O) groups is 1. The second kappa shape index (κ2) is 6.43. The van der Waals surface area contributed by atoms with Gasteiger partial charge in [0.1, 0.15) is 0 Å². The van der Waals surface area contributed by atoms with Gasteiger partial charge in [0.05, 0.1) is 23.8 Å². The molecule has 4 heteroatoms. The van der Waals surface area contributed by atoms with Gasteiger partial charge in [0.25, 0.3) is 0 Å². The number of hydrogen-bond donors (Lipinski definition) is 0. The highest BCUT2D eigenvalue weighted by molar-refractivity contribution is 7.85. The molecule has 0 amide bonds. The van der Waals surface area contributed by atoms with Gasteiger partial charge in [-0.15, -0.1) is 0 Å². The van der Waals surface area contributed by atoms with E-state index in [1.165, 1.54) is 0 Å². The summed E-state index contributed by atoms with van der Waals surface area (Å²) in [5.74, 6) is 0.0324. The molecule has 0 aliphatic heterocycles. The number of ether oxygens (including phenoxy) is 1. The Morgan fingerprint density at radius 1 is 1.31 bits per heavy atom. The van der Waals surface area contributed by atoms with E-state index in [4.69, 9.17) is 4.74 Å². The Kier molecular flexibility index (Phi) is 5.19. The van der Waals surface area contributed by atoms with Gasteiger partial charge < -0.3 is 4.74 Å². The Hall–Kier alpha value is -1.16. The maximum Gasteiger partial charge on any atom is 0.306 e. The third-order valence-corrected chi connectivity index (χ3v) is 3.45. The van der Waals surface area contributed by atoms with Crippen LogP contribution in [0.1, 0.15) is 18.9 Å². The van der Waals surface area contributed by atoms with Crippen LogP contribution in [0.5, 0.6) is 0 Å². The molecule has 1 unspecified atom stereocenters. The number of hydrogen-bond acceptors (Lipinski definition) is 3. The highest BCUT2D eigenvalue weighted by Gasteiger charge is 2.07. The van der Waals surface area contributed by atoms with Gasteiger partial charge >= 0.3 is 5.97 Å². The molecule has 0 saturated heterocycles. The van der Waals surface area contributed by atoms with E-state index in [1.54, 1.807) is 6.92 Å². The lowest BCUT2D eigenvalue weighted by Crippen LogP contribution is -2.09. The van der Waals surface area contributed by atoms with Crippen LogP contribution in [0.2, 0.25) is 0 Å². The molecule has 3 nitrogen and oxygen atoms in total. The Bertz CT molecular complexity index is 370. The molecule has 0 heterocycles. The van der Waals surface area contributed by atoms with Gasteiger partial charge in [0, 0.05) is 10.6 Å². The van der Waals surface area contributed by atoms with Crippen LogP contribution in [0.4, 0.5) is 0 Å². The fraction of sp³-hybridized carbons (Fsp3) is 0.417. The highest BCUT2D eigenvalue weighted by Crippen LogP contribution is 2.09. The summed E-state index contributed by atoms with van der Waals surface area (Å²) in [7, 11) is -1.12.